The molecule has 9 heteroatoms. The Morgan fingerprint density at radius 1 is 1.00 bits per heavy atom. The molecule has 0 aliphatic rings. The number of anilines is 2. The normalized spacial score (nSPS) is 13.7. The SMILES string of the molecule is CC(Nc1nc(N[C@@H](CO)C(C)C)nc2c1ncn2C(C)C)c1ccc(O)c(O)c1. The van der Waals surface area contributed by atoms with Crippen molar-refractivity contribution in [2.75, 3.05) is 17.2 Å². The van der Waals surface area contributed by atoms with Gasteiger partial charge in [-0.15, -0.1) is 0 Å². The number of imidazole rings is 1. The van der Waals surface area contributed by atoms with Gasteiger partial charge in [-0.2, -0.15) is 9.97 Å². The number of nitrogens with one attached hydrogen (secondary N) is 2. The predicted octanol–water partition coefficient (Wildman–Crippen LogP) is 3.42. The van der Waals surface area contributed by atoms with Crippen molar-refractivity contribution in [3.63, 3.8) is 0 Å². The van der Waals surface area contributed by atoms with E-state index in [1.54, 1.807) is 12.4 Å². The van der Waals surface area contributed by atoms with Gasteiger partial charge in [0.15, 0.2) is 28.5 Å². The fourth-order valence-corrected chi connectivity index (χ4v) is 3.15. The van der Waals surface area contributed by atoms with Gasteiger partial charge in [0.2, 0.25) is 5.95 Å². The number of phenols is 2. The quantitative estimate of drug-likeness (QED) is 0.355. The zero-order valence-corrected chi connectivity index (χ0v) is 18.0. The second-order valence-electron chi connectivity index (χ2n) is 8.11. The molecule has 9 nitrogen and oxygen atoms in total. The van der Waals surface area contributed by atoms with E-state index in [1.165, 1.54) is 12.1 Å². The number of aliphatic hydroxyl groups excluding tert-OH is 1. The van der Waals surface area contributed by atoms with Gasteiger partial charge in [-0.3, -0.25) is 0 Å². The summed E-state index contributed by atoms with van der Waals surface area (Å²) in [6.07, 6.45) is 1.74. The molecular weight excluding hydrogens is 384 g/mol. The molecule has 0 saturated carbocycles. The van der Waals surface area contributed by atoms with Crippen LogP contribution in [0.15, 0.2) is 24.5 Å². The van der Waals surface area contributed by atoms with Gasteiger partial charge in [-0.05, 0) is 44.4 Å². The number of hydrogen-bond donors (Lipinski definition) is 5. The van der Waals surface area contributed by atoms with Crippen molar-refractivity contribution in [3.05, 3.63) is 30.1 Å². The average Bonchev–Trinajstić information content (AvgIpc) is 3.12. The van der Waals surface area contributed by atoms with E-state index in [9.17, 15) is 15.3 Å². The van der Waals surface area contributed by atoms with Gasteiger partial charge in [0.25, 0.3) is 0 Å². The summed E-state index contributed by atoms with van der Waals surface area (Å²) in [7, 11) is 0. The van der Waals surface area contributed by atoms with Gasteiger partial charge in [-0.1, -0.05) is 19.9 Å². The van der Waals surface area contributed by atoms with E-state index < -0.39 is 0 Å². The Balaban J connectivity index is 2.01. The van der Waals surface area contributed by atoms with Crippen molar-refractivity contribution in [2.45, 2.75) is 52.7 Å². The highest BCUT2D eigenvalue weighted by molar-refractivity contribution is 5.84. The molecule has 1 unspecified atom stereocenters. The maximum Gasteiger partial charge on any atom is 0.227 e. The molecule has 2 aromatic heterocycles. The molecule has 0 radical (unpaired) electrons. The fraction of sp³-hybridized carbons (Fsp3) is 0.476. The van der Waals surface area contributed by atoms with Crippen LogP contribution < -0.4 is 10.6 Å². The fourth-order valence-electron chi connectivity index (χ4n) is 3.15. The van der Waals surface area contributed by atoms with Gasteiger partial charge >= 0.3 is 0 Å². The smallest absolute Gasteiger partial charge is 0.227 e. The first-order valence-electron chi connectivity index (χ1n) is 10.1. The molecule has 162 valence electrons. The summed E-state index contributed by atoms with van der Waals surface area (Å²) in [5.74, 6) is 0.798. The van der Waals surface area contributed by atoms with Crippen LogP contribution in [0.1, 0.15) is 52.3 Å². The van der Waals surface area contributed by atoms with E-state index in [1.807, 2.05) is 25.3 Å². The van der Waals surface area contributed by atoms with Gasteiger partial charge in [0, 0.05) is 6.04 Å². The lowest BCUT2D eigenvalue weighted by atomic mass is 10.1. The van der Waals surface area contributed by atoms with Crippen molar-refractivity contribution in [2.24, 2.45) is 5.92 Å². The third kappa shape index (κ3) is 4.40. The van der Waals surface area contributed by atoms with Gasteiger partial charge < -0.3 is 30.5 Å². The minimum absolute atomic E-state index is 0.0333. The molecule has 3 aromatic rings. The molecule has 2 atom stereocenters. The van der Waals surface area contributed by atoms with Crippen LogP contribution >= 0.6 is 0 Å². The number of aromatic nitrogens is 4. The summed E-state index contributed by atoms with van der Waals surface area (Å²) in [6.45, 7) is 10.0. The van der Waals surface area contributed by atoms with Crippen molar-refractivity contribution in [1.82, 2.24) is 19.5 Å². The van der Waals surface area contributed by atoms with Crippen molar-refractivity contribution in [1.29, 1.82) is 0 Å². The number of hydrogen-bond acceptors (Lipinski definition) is 8. The molecular formula is C21H30N6O3. The van der Waals surface area contributed by atoms with Crippen LogP contribution in [-0.2, 0) is 0 Å². The molecule has 5 N–H and O–H groups in total. The molecule has 0 aliphatic carbocycles. The number of fused-ring (bicyclic) bond motifs is 1. The summed E-state index contributed by atoms with van der Waals surface area (Å²) in [4.78, 5) is 13.8. The van der Waals surface area contributed by atoms with Gasteiger partial charge in [0.1, 0.15) is 0 Å². The molecule has 0 saturated heterocycles. The monoisotopic (exact) mass is 414 g/mol. The molecule has 0 bridgehead atoms. The van der Waals surface area contributed by atoms with Crippen LogP contribution in [0.4, 0.5) is 11.8 Å². The van der Waals surface area contributed by atoms with Crippen LogP contribution in [0.2, 0.25) is 0 Å². The standard InChI is InChI=1S/C21H30N6O3/c1-11(2)15(9-28)24-21-25-19(18-20(26-21)27(10-22-18)12(3)4)23-13(5)14-6-7-16(29)17(30)8-14/h6-8,10-13,15,28-30H,9H2,1-5H3,(H2,23,24,25,26)/t13?,15-/m0/s1. The zero-order chi connectivity index (χ0) is 22.0. The van der Waals surface area contributed by atoms with E-state index in [-0.39, 0.29) is 42.1 Å². The highest BCUT2D eigenvalue weighted by Gasteiger charge is 2.20. The van der Waals surface area contributed by atoms with Crippen LogP contribution in [0.3, 0.4) is 0 Å². The number of aromatic hydroxyl groups is 2. The molecule has 3 rings (SSSR count). The Labute approximate surface area is 175 Å². The Morgan fingerprint density at radius 2 is 1.73 bits per heavy atom. The van der Waals surface area contributed by atoms with Crippen LogP contribution in [0.25, 0.3) is 11.2 Å². The minimum Gasteiger partial charge on any atom is -0.504 e. The maximum absolute atomic E-state index is 9.82. The summed E-state index contributed by atoms with van der Waals surface area (Å²) in [5, 5.41) is 35.6. The molecule has 30 heavy (non-hydrogen) atoms. The molecule has 0 fully saturated rings. The third-order valence-electron chi connectivity index (χ3n) is 5.15. The van der Waals surface area contributed by atoms with E-state index in [2.05, 4.69) is 39.4 Å². The molecule has 0 aliphatic heterocycles. The van der Waals surface area contributed by atoms with Crippen LogP contribution in [0, 0.1) is 5.92 Å². The zero-order valence-electron chi connectivity index (χ0n) is 18.0. The Morgan fingerprint density at radius 3 is 2.33 bits per heavy atom. The van der Waals surface area contributed by atoms with Crippen LogP contribution in [-0.4, -0.2) is 47.5 Å². The first-order valence-corrected chi connectivity index (χ1v) is 10.1. The lowest BCUT2D eigenvalue weighted by Crippen LogP contribution is -2.30. The summed E-state index contributed by atoms with van der Waals surface area (Å²) in [6, 6.07) is 4.46. The molecule has 0 amide bonds. The first kappa shape index (κ1) is 21.6. The summed E-state index contributed by atoms with van der Waals surface area (Å²) < 4.78 is 1.97. The van der Waals surface area contributed by atoms with Crippen molar-refractivity contribution >= 4 is 22.9 Å². The third-order valence-corrected chi connectivity index (χ3v) is 5.15. The van der Waals surface area contributed by atoms with E-state index in [0.717, 1.165) is 5.56 Å². The average molecular weight is 415 g/mol. The first-order chi connectivity index (χ1) is 14.2. The lowest BCUT2D eigenvalue weighted by Gasteiger charge is -2.21. The predicted molar refractivity (Wildman–Crippen MR) is 117 cm³/mol. The van der Waals surface area contributed by atoms with E-state index >= 15 is 0 Å². The number of rotatable bonds is 8. The second kappa shape index (κ2) is 8.74. The van der Waals surface area contributed by atoms with Crippen LogP contribution in [0.5, 0.6) is 11.5 Å². The summed E-state index contributed by atoms with van der Waals surface area (Å²) in [5.41, 5.74) is 2.10. The largest absolute Gasteiger partial charge is 0.504 e. The van der Waals surface area contributed by atoms with Crippen molar-refractivity contribution in [3.8, 4) is 11.5 Å². The Hall–Kier alpha value is -3.07. The second-order valence-corrected chi connectivity index (χ2v) is 8.11. The van der Waals surface area contributed by atoms with Crippen molar-refractivity contribution < 1.29 is 15.3 Å². The van der Waals surface area contributed by atoms with Gasteiger partial charge in [-0.25, -0.2) is 4.98 Å². The number of phenolic OH excluding ortho intramolecular Hbond substituents is 2. The molecule has 0 spiro atoms. The van der Waals surface area contributed by atoms with E-state index in [4.69, 9.17) is 0 Å². The molecule has 1 aromatic carbocycles. The number of benzene rings is 1. The minimum atomic E-state index is -0.217. The number of nitrogens with zero attached hydrogens (tertiary/aromatic N) is 4. The topological polar surface area (TPSA) is 128 Å². The number of aliphatic hydroxyl groups is 1. The van der Waals surface area contributed by atoms with Gasteiger partial charge in [0.05, 0.1) is 25.0 Å². The molecule has 2 heterocycles. The highest BCUT2D eigenvalue weighted by Crippen LogP contribution is 2.31. The summed E-state index contributed by atoms with van der Waals surface area (Å²) >= 11 is 0. The maximum atomic E-state index is 9.82. The highest BCUT2D eigenvalue weighted by atomic mass is 16.3. The lowest BCUT2D eigenvalue weighted by molar-refractivity contribution is 0.248. The Bertz CT molecular complexity index is 1020. The van der Waals surface area contributed by atoms with E-state index in [0.29, 0.717) is 22.9 Å². The Kier molecular flexibility index (Phi) is 6.31.